The number of rotatable bonds is 8. The van der Waals surface area contributed by atoms with Crippen molar-refractivity contribution in [1.29, 1.82) is 0 Å². The van der Waals surface area contributed by atoms with Gasteiger partial charge in [0.05, 0.1) is 5.25 Å². The molecule has 0 aromatic heterocycles. The molecule has 6 nitrogen and oxygen atoms in total. The van der Waals surface area contributed by atoms with E-state index in [1.807, 2.05) is 0 Å². The summed E-state index contributed by atoms with van der Waals surface area (Å²) >= 11 is 1.35. The number of hydrogen-bond donors (Lipinski definition) is 3. The highest BCUT2D eigenvalue weighted by Crippen LogP contribution is 2.12. The third-order valence-corrected chi connectivity index (χ3v) is 3.14. The first kappa shape index (κ1) is 14.8. The topological polar surface area (TPSA) is 95.5 Å². The van der Waals surface area contributed by atoms with Crippen LogP contribution in [0.25, 0.3) is 0 Å². The highest BCUT2D eigenvalue weighted by Gasteiger charge is 2.17. The van der Waals surface area contributed by atoms with Crippen LogP contribution in [0, 0.1) is 0 Å². The number of carboxylic acid groups (broad SMARTS) is 1. The molecule has 0 heterocycles. The van der Waals surface area contributed by atoms with Gasteiger partial charge in [0.1, 0.15) is 6.04 Å². The Labute approximate surface area is 98.2 Å². The maximum atomic E-state index is 11.1. The largest absolute Gasteiger partial charge is 0.480 e. The molecule has 92 valence electrons. The van der Waals surface area contributed by atoms with E-state index in [0.29, 0.717) is 18.6 Å². The second-order valence-corrected chi connectivity index (χ2v) is 4.54. The van der Waals surface area contributed by atoms with Crippen LogP contribution in [0.4, 0.5) is 0 Å². The molecule has 0 fully saturated rings. The molecular weight excluding hydrogens is 232 g/mol. The molecule has 0 saturated carbocycles. The highest BCUT2D eigenvalue weighted by molar-refractivity contribution is 8.00. The van der Waals surface area contributed by atoms with Gasteiger partial charge in [0.2, 0.25) is 12.3 Å². The van der Waals surface area contributed by atoms with Crippen molar-refractivity contribution in [2.45, 2.75) is 24.6 Å². The molecule has 16 heavy (non-hydrogen) atoms. The molecule has 0 rings (SSSR count). The molecule has 0 spiro atoms. The van der Waals surface area contributed by atoms with E-state index in [0.717, 1.165) is 0 Å². The quantitative estimate of drug-likeness (QED) is 0.501. The van der Waals surface area contributed by atoms with E-state index in [2.05, 4.69) is 10.6 Å². The number of nitrogens with one attached hydrogen (secondary N) is 2. The molecule has 0 aromatic rings. The van der Waals surface area contributed by atoms with Crippen LogP contribution in [0.15, 0.2) is 0 Å². The average molecular weight is 248 g/mol. The van der Waals surface area contributed by atoms with Gasteiger partial charge in [0.15, 0.2) is 0 Å². The van der Waals surface area contributed by atoms with Gasteiger partial charge in [-0.15, -0.1) is 11.8 Å². The Bertz CT molecular complexity index is 260. The summed E-state index contributed by atoms with van der Waals surface area (Å²) in [6.45, 7) is 1.74. The van der Waals surface area contributed by atoms with E-state index in [-0.39, 0.29) is 11.2 Å². The Balaban J connectivity index is 3.89. The number of hydrogen-bond acceptors (Lipinski definition) is 4. The monoisotopic (exact) mass is 248 g/mol. The Morgan fingerprint density at radius 2 is 2.12 bits per heavy atom. The molecule has 0 bridgehead atoms. The second kappa shape index (κ2) is 7.98. The van der Waals surface area contributed by atoms with Crippen molar-refractivity contribution in [2.24, 2.45) is 0 Å². The lowest BCUT2D eigenvalue weighted by atomic mass is 10.2. The van der Waals surface area contributed by atoms with Gasteiger partial charge in [-0.3, -0.25) is 9.59 Å². The van der Waals surface area contributed by atoms with Crippen LogP contribution in [0.1, 0.15) is 13.3 Å². The molecule has 0 radical (unpaired) electrons. The molecule has 0 aliphatic heterocycles. The number of aliphatic carboxylic acids is 1. The van der Waals surface area contributed by atoms with Gasteiger partial charge in [0, 0.05) is 7.05 Å². The first-order chi connectivity index (χ1) is 7.52. The minimum atomic E-state index is -1.07. The van der Waals surface area contributed by atoms with Crippen molar-refractivity contribution in [2.75, 3.05) is 12.8 Å². The van der Waals surface area contributed by atoms with Crippen molar-refractivity contribution >= 4 is 30.0 Å². The standard InChI is InChI=1S/C9H16N2O4S/c1-6(8(13)10-2)16-4-3-7(9(14)15)11-5-12/h5-7H,3-4H2,1-2H3,(H,10,13)(H,11,12)(H,14,15). The third-order valence-electron chi connectivity index (χ3n) is 1.96. The zero-order chi connectivity index (χ0) is 12.6. The SMILES string of the molecule is CNC(=O)C(C)SCCC(NC=O)C(=O)O. The van der Waals surface area contributed by atoms with Gasteiger partial charge < -0.3 is 15.7 Å². The van der Waals surface area contributed by atoms with E-state index < -0.39 is 12.0 Å². The van der Waals surface area contributed by atoms with E-state index in [1.54, 1.807) is 14.0 Å². The summed E-state index contributed by atoms with van der Waals surface area (Å²) in [6.07, 6.45) is 0.658. The Hall–Kier alpha value is -1.24. The molecule has 2 amide bonds. The summed E-state index contributed by atoms with van der Waals surface area (Å²) in [5, 5.41) is 13.2. The average Bonchev–Trinajstić information content (AvgIpc) is 2.26. The van der Waals surface area contributed by atoms with Gasteiger partial charge in [0.25, 0.3) is 0 Å². The molecular formula is C9H16N2O4S. The Morgan fingerprint density at radius 3 is 2.56 bits per heavy atom. The van der Waals surface area contributed by atoms with Gasteiger partial charge in [-0.05, 0) is 19.1 Å². The van der Waals surface area contributed by atoms with Crippen LogP contribution in [0.2, 0.25) is 0 Å². The second-order valence-electron chi connectivity index (χ2n) is 3.09. The number of amides is 2. The molecule has 0 saturated heterocycles. The lowest BCUT2D eigenvalue weighted by Gasteiger charge is -2.13. The maximum absolute atomic E-state index is 11.1. The lowest BCUT2D eigenvalue weighted by Crippen LogP contribution is -2.36. The number of carbonyl (C=O) groups excluding carboxylic acids is 2. The van der Waals surface area contributed by atoms with Crippen LogP contribution in [0.5, 0.6) is 0 Å². The van der Waals surface area contributed by atoms with Crippen molar-refractivity contribution in [3.63, 3.8) is 0 Å². The van der Waals surface area contributed by atoms with Crippen molar-refractivity contribution in [1.82, 2.24) is 10.6 Å². The Morgan fingerprint density at radius 1 is 1.50 bits per heavy atom. The maximum Gasteiger partial charge on any atom is 0.326 e. The first-order valence-corrected chi connectivity index (χ1v) is 5.83. The van der Waals surface area contributed by atoms with Gasteiger partial charge in [-0.2, -0.15) is 0 Å². The molecule has 7 heteroatoms. The molecule has 2 unspecified atom stereocenters. The number of carbonyl (C=O) groups is 3. The van der Waals surface area contributed by atoms with Crippen molar-refractivity contribution in [3.05, 3.63) is 0 Å². The van der Waals surface area contributed by atoms with Gasteiger partial charge in [-0.25, -0.2) is 4.79 Å². The normalized spacial score (nSPS) is 13.6. The minimum absolute atomic E-state index is 0.0970. The molecule has 2 atom stereocenters. The first-order valence-electron chi connectivity index (χ1n) is 4.78. The van der Waals surface area contributed by atoms with E-state index >= 15 is 0 Å². The zero-order valence-electron chi connectivity index (χ0n) is 9.23. The smallest absolute Gasteiger partial charge is 0.326 e. The summed E-state index contributed by atoms with van der Waals surface area (Å²) in [5.41, 5.74) is 0. The molecule has 0 aliphatic rings. The number of carboxylic acids is 1. The fourth-order valence-electron chi connectivity index (χ4n) is 1.00. The summed E-state index contributed by atoms with van der Waals surface area (Å²) in [7, 11) is 1.55. The molecule has 3 N–H and O–H groups in total. The van der Waals surface area contributed by atoms with Crippen LogP contribution in [-0.4, -0.2) is 47.5 Å². The summed E-state index contributed by atoms with van der Waals surface area (Å²) in [4.78, 5) is 31.9. The predicted molar refractivity (Wildman–Crippen MR) is 61.2 cm³/mol. The van der Waals surface area contributed by atoms with Crippen molar-refractivity contribution in [3.8, 4) is 0 Å². The van der Waals surface area contributed by atoms with E-state index in [4.69, 9.17) is 5.11 Å². The highest BCUT2D eigenvalue weighted by atomic mass is 32.2. The molecule has 0 aromatic carbocycles. The van der Waals surface area contributed by atoms with Gasteiger partial charge >= 0.3 is 5.97 Å². The summed E-state index contributed by atoms with van der Waals surface area (Å²) < 4.78 is 0. The van der Waals surface area contributed by atoms with Crippen LogP contribution in [0.3, 0.4) is 0 Å². The van der Waals surface area contributed by atoms with Crippen LogP contribution < -0.4 is 10.6 Å². The molecule has 0 aliphatic carbocycles. The van der Waals surface area contributed by atoms with E-state index in [9.17, 15) is 14.4 Å². The Kier molecular flexibility index (Phi) is 7.36. The fraction of sp³-hybridized carbons (Fsp3) is 0.667. The van der Waals surface area contributed by atoms with Gasteiger partial charge in [-0.1, -0.05) is 0 Å². The fourth-order valence-corrected chi connectivity index (χ4v) is 2.00. The van der Waals surface area contributed by atoms with Crippen LogP contribution >= 0.6 is 11.8 Å². The van der Waals surface area contributed by atoms with E-state index in [1.165, 1.54) is 11.8 Å². The summed E-state index contributed by atoms with van der Waals surface area (Å²) in [5.74, 6) is -0.674. The number of thioether (sulfide) groups is 1. The zero-order valence-corrected chi connectivity index (χ0v) is 10.0. The van der Waals surface area contributed by atoms with Crippen LogP contribution in [-0.2, 0) is 14.4 Å². The lowest BCUT2D eigenvalue weighted by molar-refractivity contribution is -0.140. The minimum Gasteiger partial charge on any atom is -0.480 e. The van der Waals surface area contributed by atoms with Crippen molar-refractivity contribution < 1.29 is 19.5 Å². The predicted octanol–water partition coefficient (Wildman–Crippen LogP) is -0.557. The third kappa shape index (κ3) is 5.59. The summed E-state index contributed by atoms with van der Waals surface area (Å²) in [6, 6.07) is -0.887.